The third-order valence-electron chi connectivity index (χ3n) is 2.34. The van der Waals surface area contributed by atoms with Crippen molar-refractivity contribution in [1.29, 1.82) is 0 Å². The van der Waals surface area contributed by atoms with Crippen LogP contribution >= 0.6 is 0 Å². The Hall–Kier alpha value is -1.30. The largest absolute Gasteiger partial charge is 0.436 e. The molecule has 2 amide bonds. The molecule has 2 rings (SSSR count). The van der Waals surface area contributed by atoms with E-state index in [2.05, 4.69) is 10.1 Å². The SMILES string of the molecule is NC(=O)O[C@@H]1C(=O)N[C@@H]2COC[C@@H]12. The summed E-state index contributed by atoms with van der Waals surface area (Å²) >= 11 is 0. The van der Waals surface area contributed by atoms with Crippen LogP contribution in [0.1, 0.15) is 0 Å². The van der Waals surface area contributed by atoms with Gasteiger partial charge in [0, 0.05) is 0 Å². The Balaban J connectivity index is 2.08. The van der Waals surface area contributed by atoms with Crippen molar-refractivity contribution in [2.75, 3.05) is 13.2 Å². The number of carbonyl (C=O) groups excluding carboxylic acids is 2. The van der Waals surface area contributed by atoms with Crippen molar-refractivity contribution in [3.8, 4) is 0 Å². The monoisotopic (exact) mass is 186 g/mol. The Morgan fingerprint density at radius 1 is 1.62 bits per heavy atom. The van der Waals surface area contributed by atoms with Crippen molar-refractivity contribution < 1.29 is 19.1 Å². The van der Waals surface area contributed by atoms with Gasteiger partial charge in [-0.3, -0.25) is 4.79 Å². The zero-order valence-electron chi connectivity index (χ0n) is 6.86. The lowest BCUT2D eigenvalue weighted by molar-refractivity contribution is -0.128. The van der Waals surface area contributed by atoms with Gasteiger partial charge in [0.15, 0.2) is 6.10 Å². The third-order valence-corrected chi connectivity index (χ3v) is 2.34. The summed E-state index contributed by atoms with van der Waals surface area (Å²) in [7, 11) is 0. The molecule has 3 atom stereocenters. The first-order valence-corrected chi connectivity index (χ1v) is 4.02. The fourth-order valence-corrected chi connectivity index (χ4v) is 1.74. The summed E-state index contributed by atoms with van der Waals surface area (Å²) < 4.78 is 9.81. The highest BCUT2D eigenvalue weighted by Crippen LogP contribution is 2.25. The lowest BCUT2D eigenvalue weighted by atomic mass is 10.0. The average Bonchev–Trinajstić information content (AvgIpc) is 2.55. The minimum absolute atomic E-state index is 0.0307. The highest BCUT2D eigenvalue weighted by atomic mass is 16.6. The van der Waals surface area contributed by atoms with Crippen LogP contribution in [0.25, 0.3) is 0 Å². The Labute approximate surface area is 74.4 Å². The van der Waals surface area contributed by atoms with E-state index in [9.17, 15) is 9.59 Å². The zero-order valence-corrected chi connectivity index (χ0v) is 6.86. The third kappa shape index (κ3) is 1.33. The van der Waals surface area contributed by atoms with Gasteiger partial charge in [-0.25, -0.2) is 4.79 Å². The van der Waals surface area contributed by atoms with E-state index in [1.54, 1.807) is 0 Å². The van der Waals surface area contributed by atoms with E-state index in [1.807, 2.05) is 0 Å². The van der Waals surface area contributed by atoms with Crippen LogP contribution in [0.5, 0.6) is 0 Å². The van der Waals surface area contributed by atoms with Gasteiger partial charge < -0.3 is 20.5 Å². The molecule has 2 aliphatic rings. The summed E-state index contributed by atoms with van der Waals surface area (Å²) in [5, 5.41) is 2.67. The van der Waals surface area contributed by atoms with Crippen LogP contribution in [0.4, 0.5) is 4.79 Å². The second-order valence-corrected chi connectivity index (χ2v) is 3.17. The van der Waals surface area contributed by atoms with Gasteiger partial charge in [0.25, 0.3) is 5.91 Å². The number of hydrogen-bond acceptors (Lipinski definition) is 4. The molecule has 3 N–H and O–H groups in total. The normalized spacial score (nSPS) is 36.9. The summed E-state index contributed by atoms with van der Waals surface area (Å²) in [5.74, 6) is -0.364. The molecule has 6 nitrogen and oxygen atoms in total. The fourth-order valence-electron chi connectivity index (χ4n) is 1.74. The average molecular weight is 186 g/mol. The van der Waals surface area contributed by atoms with E-state index >= 15 is 0 Å². The summed E-state index contributed by atoms with van der Waals surface area (Å²) in [6.07, 6.45) is -1.70. The number of hydrogen-bond donors (Lipinski definition) is 2. The lowest BCUT2D eigenvalue weighted by Gasteiger charge is -2.12. The molecular formula is C7H10N2O4. The molecule has 0 aliphatic carbocycles. The minimum atomic E-state index is -0.923. The minimum Gasteiger partial charge on any atom is -0.436 e. The van der Waals surface area contributed by atoms with Crippen LogP contribution < -0.4 is 11.1 Å². The molecule has 0 spiro atoms. The van der Waals surface area contributed by atoms with Gasteiger partial charge in [0.2, 0.25) is 0 Å². The summed E-state index contributed by atoms with van der Waals surface area (Å²) in [5.41, 5.74) is 4.84. The van der Waals surface area contributed by atoms with Gasteiger partial charge in [-0.05, 0) is 0 Å². The molecule has 0 aromatic carbocycles. The maximum absolute atomic E-state index is 11.2. The number of rotatable bonds is 1. The molecule has 72 valence electrons. The van der Waals surface area contributed by atoms with E-state index in [1.165, 1.54) is 0 Å². The molecule has 0 aromatic heterocycles. The number of ether oxygens (including phenoxy) is 2. The van der Waals surface area contributed by atoms with Gasteiger partial charge in [0.1, 0.15) is 0 Å². The first-order valence-electron chi connectivity index (χ1n) is 4.02. The number of fused-ring (bicyclic) bond motifs is 1. The molecule has 6 heteroatoms. The Morgan fingerprint density at radius 2 is 2.38 bits per heavy atom. The molecule has 0 saturated carbocycles. The Morgan fingerprint density at radius 3 is 3.08 bits per heavy atom. The summed E-state index contributed by atoms with van der Waals surface area (Å²) in [4.78, 5) is 21.7. The molecule has 13 heavy (non-hydrogen) atoms. The molecule has 0 unspecified atom stereocenters. The molecular weight excluding hydrogens is 176 g/mol. The van der Waals surface area contributed by atoms with Crippen molar-refractivity contribution in [1.82, 2.24) is 5.32 Å². The highest BCUT2D eigenvalue weighted by molar-refractivity contribution is 5.86. The summed E-state index contributed by atoms with van der Waals surface area (Å²) in [6.45, 7) is 0.913. The van der Waals surface area contributed by atoms with Gasteiger partial charge in [-0.15, -0.1) is 0 Å². The predicted molar refractivity (Wildman–Crippen MR) is 40.7 cm³/mol. The number of carbonyl (C=O) groups is 2. The fraction of sp³-hybridized carbons (Fsp3) is 0.714. The van der Waals surface area contributed by atoms with Crippen LogP contribution in [0, 0.1) is 5.92 Å². The number of primary amides is 1. The first kappa shape index (κ1) is 8.31. The van der Waals surface area contributed by atoms with E-state index in [-0.39, 0.29) is 17.9 Å². The van der Waals surface area contributed by atoms with E-state index in [0.717, 1.165) is 0 Å². The molecule has 2 aliphatic heterocycles. The van der Waals surface area contributed by atoms with Crippen LogP contribution in [-0.4, -0.2) is 37.4 Å². The van der Waals surface area contributed by atoms with Crippen LogP contribution in [0.15, 0.2) is 0 Å². The van der Waals surface area contributed by atoms with Crippen molar-refractivity contribution >= 4 is 12.0 Å². The molecule has 0 radical (unpaired) electrons. The topological polar surface area (TPSA) is 90.7 Å². The number of amides is 2. The summed E-state index contributed by atoms with van der Waals surface area (Å²) in [6, 6.07) is -0.0307. The van der Waals surface area contributed by atoms with E-state index in [4.69, 9.17) is 10.5 Å². The zero-order chi connectivity index (χ0) is 9.42. The molecule has 2 fully saturated rings. The second-order valence-electron chi connectivity index (χ2n) is 3.17. The molecule has 2 heterocycles. The van der Waals surface area contributed by atoms with Crippen LogP contribution in [0.2, 0.25) is 0 Å². The van der Waals surface area contributed by atoms with Gasteiger partial charge in [-0.2, -0.15) is 0 Å². The molecule has 0 aromatic rings. The lowest BCUT2D eigenvalue weighted by Crippen LogP contribution is -2.34. The Kier molecular flexibility index (Phi) is 1.84. The van der Waals surface area contributed by atoms with Crippen LogP contribution in [-0.2, 0) is 14.3 Å². The first-order chi connectivity index (χ1) is 6.18. The second kappa shape index (κ2) is 2.88. The van der Waals surface area contributed by atoms with E-state index < -0.39 is 12.2 Å². The smallest absolute Gasteiger partial charge is 0.405 e. The predicted octanol–water partition coefficient (Wildman–Crippen LogP) is -1.40. The maximum Gasteiger partial charge on any atom is 0.405 e. The van der Waals surface area contributed by atoms with Gasteiger partial charge in [0.05, 0.1) is 25.2 Å². The van der Waals surface area contributed by atoms with E-state index in [0.29, 0.717) is 13.2 Å². The van der Waals surface area contributed by atoms with Crippen molar-refractivity contribution in [2.24, 2.45) is 11.7 Å². The number of nitrogens with one attached hydrogen (secondary N) is 1. The molecule has 2 saturated heterocycles. The van der Waals surface area contributed by atoms with Crippen LogP contribution in [0.3, 0.4) is 0 Å². The highest BCUT2D eigenvalue weighted by Gasteiger charge is 2.47. The van der Waals surface area contributed by atoms with Crippen molar-refractivity contribution in [3.05, 3.63) is 0 Å². The molecule has 0 bridgehead atoms. The van der Waals surface area contributed by atoms with Crippen molar-refractivity contribution in [2.45, 2.75) is 12.1 Å². The quantitative estimate of drug-likeness (QED) is 0.526. The standard InChI is InChI=1S/C7H10N2O4/c8-7(11)13-5-3-1-12-2-4(3)9-6(5)10/h3-5H,1-2H2,(H2,8,11)(H,9,10)/t3-,4-,5+/m1/s1. The van der Waals surface area contributed by atoms with Gasteiger partial charge >= 0.3 is 6.09 Å². The van der Waals surface area contributed by atoms with Gasteiger partial charge in [-0.1, -0.05) is 0 Å². The Bertz CT molecular complexity index is 255. The van der Waals surface area contributed by atoms with Crippen molar-refractivity contribution in [3.63, 3.8) is 0 Å². The number of nitrogens with two attached hydrogens (primary N) is 1. The maximum atomic E-state index is 11.2.